The number of anilines is 1. The lowest BCUT2D eigenvalue weighted by atomic mass is 10.2. The number of carbonyl (C=O) groups excluding carboxylic acids is 1. The van der Waals surface area contributed by atoms with Gasteiger partial charge in [-0.2, -0.15) is 0 Å². The van der Waals surface area contributed by atoms with Crippen LogP contribution in [0.2, 0.25) is 5.02 Å². The molecular formula is C12H15ClN2O4S. The van der Waals surface area contributed by atoms with E-state index in [-0.39, 0.29) is 28.5 Å². The molecule has 0 radical (unpaired) electrons. The van der Waals surface area contributed by atoms with Crippen molar-refractivity contribution in [2.45, 2.75) is 31.2 Å². The Morgan fingerprint density at radius 1 is 1.50 bits per heavy atom. The van der Waals surface area contributed by atoms with E-state index in [0.29, 0.717) is 17.9 Å². The van der Waals surface area contributed by atoms with E-state index in [2.05, 4.69) is 10.0 Å². The van der Waals surface area contributed by atoms with Gasteiger partial charge in [-0.15, -0.1) is 0 Å². The molecule has 1 amide bonds. The first-order valence-electron chi connectivity index (χ1n) is 6.12. The second kappa shape index (κ2) is 5.59. The molecule has 110 valence electrons. The Labute approximate surface area is 122 Å². The van der Waals surface area contributed by atoms with Crippen molar-refractivity contribution in [3.8, 4) is 5.75 Å². The molecular weight excluding hydrogens is 304 g/mol. The predicted molar refractivity (Wildman–Crippen MR) is 75.7 cm³/mol. The van der Waals surface area contributed by atoms with Gasteiger partial charge in [-0.3, -0.25) is 4.79 Å². The lowest BCUT2D eigenvalue weighted by Crippen LogP contribution is -2.32. The number of amides is 1. The third kappa shape index (κ3) is 3.05. The molecule has 2 rings (SSSR count). The number of benzene rings is 1. The minimum absolute atomic E-state index is 0.0327. The SMILES string of the molecule is CC[C@@H](C)NS(=O)(=O)c1cc2c(cc1Cl)NC(=O)CO2. The minimum Gasteiger partial charge on any atom is -0.482 e. The van der Waals surface area contributed by atoms with Crippen molar-refractivity contribution >= 4 is 33.2 Å². The van der Waals surface area contributed by atoms with Crippen LogP contribution in [-0.4, -0.2) is 27.0 Å². The second-order valence-corrected chi connectivity index (χ2v) is 6.64. The van der Waals surface area contributed by atoms with Crippen LogP contribution in [0.25, 0.3) is 0 Å². The molecule has 0 spiro atoms. The summed E-state index contributed by atoms with van der Waals surface area (Å²) in [5.41, 5.74) is 0.369. The first-order chi connectivity index (χ1) is 9.33. The molecule has 0 aromatic heterocycles. The summed E-state index contributed by atoms with van der Waals surface area (Å²) in [5, 5.41) is 2.60. The van der Waals surface area contributed by atoms with Crippen LogP contribution in [0.5, 0.6) is 5.75 Å². The van der Waals surface area contributed by atoms with Crippen LogP contribution in [-0.2, 0) is 14.8 Å². The Morgan fingerprint density at radius 2 is 2.20 bits per heavy atom. The Balaban J connectivity index is 2.41. The Morgan fingerprint density at radius 3 is 2.85 bits per heavy atom. The number of hydrogen-bond donors (Lipinski definition) is 2. The Kier molecular flexibility index (Phi) is 4.22. The number of rotatable bonds is 4. The fourth-order valence-corrected chi connectivity index (χ4v) is 3.57. The van der Waals surface area contributed by atoms with Crippen LogP contribution < -0.4 is 14.8 Å². The van der Waals surface area contributed by atoms with Crippen LogP contribution in [0.4, 0.5) is 5.69 Å². The van der Waals surface area contributed by atoms with Gasteiger partial charge in [0.15, 0.2) is 6.61 Å². The van der Waals surface area contributed by atoms with Gasteiger partial charge in [-0.1, -0.05) is 18.5 Å². The molecule has 1 heterocycles. The quantitative estimate of drug-likeness (QED) is 0.885. The maximum absolute atomic E-state index is 12.2. The average molecular weight is 319 g/mol. The number of halogens is 1. The van der Waals surface area contributed by atoms with Crippen molar-refractivity contribution in [2.24, 2.45) is 0 Å². The number of nitrogens with one attached hydrogen (secondary N) is 2. The van der Waals surface area contributed by atoms with Crippen molar-refractivity contribution < 1.29 is 17.9 Å². The highest BCUT2D eigenvalue weighted by Gasteiger charge is 2.25. The van der Waals surface area contributed by atoms with Gasteiger partial charge in [0.1, 0.15) is 10.6 Å². The lowest BCUT2D eigenvalue weighted by Gasteiger charge is -2.20. The van der Waals surface area contributed by atoms with E-state index in [9.17, 15) is 13.2 Å². The largest absolute Gasteiger partial charge is 0.482 e. The van der Waals surface area contributed by atoms with Gasteiger partial charge in [0.25, 0.3) is 5.91 Å². The molecule has 8 heteroatoms. The van der Waals surface area contributed by atoms with Gasteiger partial charge in [0.2, 0.25) is 10.0 Å². The van der Waals surface area contributed by atoms with Crippen LogP contribution in [0.15, 0.2) is 17.0 Å². The van der Waals surface area contributed by atoms with Crippen molar-refractivity contribution in [3.05, 3.63) is 17.2 Å². The van der Waals surface area contributed by atoms with Gasteiger partial charge in [0, 0.05) is 12.1 Å². The van der Waals surface area contributed by atoms with Crippen molar-refractivity contribution in [3.63, 3.8) is 0 Å². The molecule has 1 aliphatic heterocycles. The van der Waals surface area contributed by atoms with E-state index in [1.807, 2.05) is 6.92 Å². The Bertz CT molecular complexity index is 645. The summed E-state index contributed by atoms with van der Waals surface area (Å²) in [6.45, 7) is 3.49. The highest BCUT2D eigenvalue weighted by atomic mass is 35.5. The molecule has 6 nitrogen and oxygen atoms in total. The molecule has 1 atom stereocenters. The first kappa shape index (κ1) is 15.1. The summed E-state index contributed by atoms with van der Waals surface area (Å²) in [6.07, 6.45) is 0.661. The summed E-state index contributed by atoms with van der Waals surface area (Å²) < 4.78 is 32.2. The monoisotopic (exact) mass is 318 g/mol. The third-order valence-corrected chi connectivity index (χ3v) is 4.98. The van der Waals surface area contributed by atoms with Crippen molar-refractivity contribution in [2.75, 3.05) is 11.9 Å². The molecule has 20 heavy (non-hydrogen) atoms. The summed E-state index contributed by atoms with van der Waals surface area (Å²) in [4.78, 5) is 11.1. The van der Waals surface area contributed by atoms with E-state index in [0.717, 1.165) is 0 Å². The van der Waals surface area contributed by atoms with E-state index < -0.39 is 10.0 Å². The molecule has 1 aromatic carbocycles. The molecule has 2 N–H and O–H groups in total. The molecule has 1 aromatic rings. The topological polar surface area (TPSA) is 84.5 Å². The van der Waals surface area contributed by atoms with Gasteiger partial charge in [0.05, 0.1) is 10.7 Å². The van der Waals surface area contributed by atoms with Crippen LogP contribution >= 0.6 is 11.6 Å². The number of carbonyl (C=O) groups is 1. The molecule has 0 saturated carbocycles. The van der Waals surface area contributed by atoms with E-state index in [1.165, 1.54) is 12.1 Å². The van der Waals surface area contributed by atoms with Gasteiger partial charge in [-0.25, -0.2) is 13.1 Å². The molecule has 1 aliphatic rings. The molecule has 0 bridgehead atoms. The van der Waals surface area contributed by atoms with Gasteiger partial charge in [-0.05, 0) is 19.4 Å². The standard InChI is InChI=1S/C12H15ClN2O4S/c1-3-7(2)15-20(17,18)11-5-10-9(4-8(11)13)14-12(16)6-19-10/h4-5,7,15H,3,6H2,1-2H3,(H,14,16)/t7-/m1/s1. The zero-order valence-electron chi connectivity index (χ0n) is 11.1. The average Bonchev–Trinajstić information content (AvgIpc) is 2.36. The predicted octanol–water partition coefficient (Wildman–Crippen LogP) is 1.75. The number of sulfonamides is 1. The maximum Gasteiger partial charge on any atom is 0.262 e. The van der Waals surface area contributed by atoms with Crippen LogP contribution in [0.3, 0.4) is 0 Å². The van der Waals surface area contributed by atoms with Crippen molar-refractivity contribution in [1.29, 1.82) is 0 Å². The Hall–Kier alpha value is -1.31. The summed E-state index contributed by atoms with van der Waals surface area (Å²) >= 11 is 5.99. The summed E-state index contributed by atoms with van der Waals surface area (Å²) in [5.74, 6) is -0.0135. The van der Waals surface area contributed by atoms with Crippen LogP contribution in [0, 0.1) is 0 Å². The zero-order valence-corrected chi connectivity index (χ0v) is 12.6. The summed E-state index contributed by atoms with van der Waals surface area (Å²) in [7, 11) is -3.72. The fraction of sp³-hybridized carbons (Fsp3) is 0.417. The maximum atomic E-state index is 12.2. The van der Waals surface area contributed by atoms with E-state index in [1.54, 1.807) is 6.92 Å². The zero-order chi connectivity index (χ0) is 14.9. The fourth-order valence-electron chi connectivity index (χ4n) is 1.70. The van der Waals surface area contributed by atoms with Gasteiger partial charge >= 0.3 is 0 Å². The normalized spacial score (nSPS) is 16.1. The van der Waals surface area contributed by atoms with Gasteiger partial charge < -0.3 is 10.1 Å². The highest BCUT2D eigenvalue weighted by molar-refractivity contribution is 7.89. The van der Waals surface area contributed by atoms with Crippen molar-refractivity contribution in [1.82, 2.24) is 4.72 Å². The highest BCUT2D eigenvalue weighted by Crippen LogP contribution is 2.35. The minimum atomic E-state index is -3.72. The lowest BCUT2D eigenvalue weighted by molar-refractivity contribution is -0.118. The van der Waals surface area contributed by atoms with Crippen LogP contribution in [0.1, 0.15) is 20.3 Å². The molecule has 0 saturated heterocycles. The number of hydrogen-bond acceptors (Lipinski definition) is 4. The smallest absolute Gasteiger partial charge is 0.262 e. The molecule has 0 fully saturated rings. The first-order valence-corrected chi connectivity index (χ1v) is 7.98. The van der Waals surface area contributed by atoms with E-state index in [4.69, 9.17) is 16.3 Å². The second-order valence-electron chi connectivity index (χ2n) is 4.55. The molecule has 0 aliphatic carbocycles. The third-order valence-electron chi connectivity index (χ3n) is 2.93. The summed E-state index contributed by atoms with van der Waals surface area (Å²) in [6, 6.07) is 2.49. The number of ether oxygens (including phenoxy) is 1. The number of fused-ring (bicyclic) bond motifs is 1. The molecule has 0 unspecified atom stereocenters. The van der Waals surface area contributed by atoms with E-state index >= 15 is 0 Å².